The molecule has 0 aromatic heterocycles. The summed E-state index contributed by atoms with van der Waals surface area (Å²) in [7, 11) is 0. The van der Waals surface area contributed by atoms with Gasteiger partial charge in [0.15, 0.2) is 0 Å². The van der Waals surface area contributed by atoms with Gasteiger partial charge in [-0.2, -0.15) is 0 Å². The molecule has 2 rings (SSSR count). The van der Waals surface area contributed by atoms with E-state index < -0.39 is 0 Å². The fourth-order valence-corrected chi connectivity index (χ4v) is 2.74. The maximum atomic E-state index is 9.43. The Morgan fingerprint density at radius 3 is 2.58 bits per heavy atom. The standard InChI is InChI=1S/C10H17NO/c1-6-9(12)4-10(6,2)8-3-7(8)5-11/h5-9,11-12H,3-4H2,1-2H3. The third-order valence-corrected chi connectivity index (χ3v) is 4.17. The van der Waals surface area contributed by atoms with E-state index >= 15 is 0 Å². The van der Waals surface area contributed by atoms with Crippen molar-refractivity contribution >= 4 is 6.21 Å². The maximum Gasteiger partial charge on any atom is 0.0576 e. The van der Waals surface area contributed by atoms with Gasteiger partial charge in [-0.05, 0) is 42.2 Å². The summed E-state index contributed by atoms with van der Waals surface area (Å²) in [5, 5.41) is 16.6. The van der Waals surface area contributed by atoms with Crippen LogP contribution in [-0.2, 0) is 0 Å². The summed E-state index contributed by atoms with van der Waals surface area (Å²) < 4.78 is 0. The molecule has 0 amide bonds. The van der Waals surface area contributed by atoms with Gasteiger partial charge in [0.1, 0.15) is 0 Å². The molecule has 0 spiro atoms. The van der Waals surface area contributed by atoms with E-state index in [0.717, 1.165) is 6.42 Å². The highest BCUT2D eigenvalue weighted by atomic mass is 16.3. The maximum absolute atomic E-state index is 9.43. The van der Waals surface area contributed by atoms with Crippen LogP contribution in [0.2, 0.25) is 0 Å². The highest BCUT2D eigenvalue weighted by Crippen LogP contribution is 2.62. The molecule has 0 bridgehead atoms. The van der Waals surface area contributed by atoms with E-state index in [2.05, 4.69) is 13.8 Å². The van der Waals surface area contributed by atoms with Crippen molar-refractivity contribution in [1.82, 2.24) is 0 Å². The molecule has 2 N–H and O–H groups in total. The van der Waals surface area contributed by atoms with E-state index in [4.69, 9.17) is 5.41 Å². The van der Waals surface area contributed by atoms with Crippen LogP contribution in [0.15, 0.2) is 0 Å². The van der Waals surface area contributed by atoms with Crippen LogP contribution in [0.3, 0.4) is 0 Å². The molecule has 2 fully saturated rings. The van der Waals surface area contributed by atoms with Crippen LogP contribution in [0, 0.1) is 28.6 Å². The van der Waals surface area contributed by atoms with Crippen molar-refractivity contribution in [1.29, 1.82) is 5.41 Å². The monoisotopic (exact) mass is 167 g/mol. The van der Waals surface area contributed by atoms with Gasteiger partial charge in [-0.25, -0.2) is 0 Å². The van der Waals surface area contributed by atoms with E-state index in [9.17, 15) is 5.11 Å². The van der Waals surface area contributed by atoms with Crippen LogP contribution >= 0.6 is 0 Å². The van der Waals surface area contributed by atoms with E-state index in [1.54, 1.807) is 6.21 Å². The molecule has 0 aromatic rings. The Balaban J connectivity index is 2.01. The van der Waals surface area contributed by atoms with Crippen molar-refractivity contribution < 1.29 is 5.11 Å². The lowest BCUT2D eigenvalue weighted by Gasteiger charge is -2.50. The van der Waals surface area contributed by atoms with Gasteiger partial charge in [-0.3, -0.25) is 0 Å². The Hall–Kier alpha value is -0.370. The second-order valence-corrected chi connectivity index (χ2v) is 4.74. The quantitative estimate of drug-likeness (QED) is 0.604. The van der Waals surface area contributed by atoms with Crippen molar-refractivity contribution in [3.05, 3.63) is 0 Å². The first kappa shape index (κ1) is 8.24. The molecule has 0 heterocycles. The van der Waals surface area contributed by atoms with Crippen molar-refractivity contribution in [3.63, 3.8) is 0 Å². The van der Waals surface area contributed by atoms with Gasteiger partial charge in [0.2, 0.25) is 0 Å². The summed E-state index contributed by atoms with van der Waals surface area (Å²) in [6.07, 6.45) is 3.62. The summed E-state index contributed by atoms with van der Waals surface area (Å²) in [5.74, 6) is 1.64. The molecule has 12 heavy (non-hydrogen) atoms. The molecular weight excluding hydrogens is 150 g/mol. The molecule has 68 valence electrons. The smallest absolute Gasteiger partial charge is 0.0576 e. The Labute approximate surface area is 73.5 Å². The van der Waals surface area contributed by atoms with Crippen molar-refractivity contribution in [2.24, 2.45) is 23.2 Å². The lowest BCUT2D eigenvalue weighted by molar-refractivity contribution is -0.102. The summed E-state index contributed by atoms with van der Waals surface area (Å²) in [4.78, 5) is 0. The van der Waals surface area contributed by atoms with Crippen LogP contribution in [0.1, 0.15) is 26.7 Å². The second kappa shape index (κ2) is 2.32. The summed E-state index contributed by atoms with van der Waals surface area (Å²) in [6.45, 7) is 4.39. The SMILES string of the molecule is CC1C(O)CC1(C)C1CC1C=N. The molecule has 2 heteroatoms. The van der Waals surface area contributed by atoms with Crippen LogP contribution < -0.4 is 0 Å². The predicted molar refractivity (Wildman–Crippen MR) is 48.3 cm³/mol. The first-order chi connectivity index (χ1) is 5.59. The van der Waals surface area contributed by atoms with Crippen LogP contribution in [-0.4, -0.2) is 17.4 Å². The van der Waals surface area contributed by atoms with E-state index in [1.165, 1.54) is 6.42 Å². The van der Waals surface area contributed by atoms with E-state index in [-0.39, 0.29) is 6.10 Å². The van der Waals surface area contributed by atoms with Gasteiger partial charge in [0.25, 0.3) is 0 Å². The second-order valence-electron chi connectivity index (χ2n) is 4.74. The highest BCUT2D eigenvalue weighted by molar-refractivity contribution is 5.61. The average Bonchev–Trinajstić information content (AvgIpc) is 2.82. The Kier molecular flexibility index (Phi) is 1.59. The Bertz CT molecular complexity index is 216. The highest BCUT2D eigenvalue weighted by Gasteiger charge is 2.58. The van der Waals surface area contributed by atoms with Crippen molar-refractivity contribution in [3.8, 4) is 0 Å². The molecule has 5 unspecified atom stereocenters. The molecule has 2 nitrogen and oxygen atoms in total. The first-order valence-corrected chi connectivity index (χ1v) is 4.78. The van der Waals surface area contributed by atoms with Crippen LogP contribution in [0.5, 0.6) is 0 Å². The molecular formula is C10H17NO. The minimum absolute atomic E-state index is 0.0815. The predicted octanol–water partition coefficient (Wildman–Crippen LogP) is 1.68. The molecule has 2 aliphatic rings. The zero-order valence-corrected chi connectivity index (χ0v) is 7.75. The lowest BCUT2D eigenvalue weighted by Crippen LogP contribution is -2.49. The minimum atomic E-state index is -0.0815. The number of hydrogen-bond donors (Lipinski definition) is 2. The number of hydrogen-bond acceptors (Lipinski definition) is 2. The molecule has 0 radical (unpaired) electrons. The fraction of sp³-hybridized carbons (Fsp3) is 0.900. The van der Waals surface area contributed by atoms with Crippen molar-refractivity contribution in [2.75, 3.05) is 0 Å². The molecule has 0 aliphatic heterocycles. The first-order valence-electron chi connectivity index (χ1n) is 4.78. The molecule has 2 saturated carbocycles. The minimum Gasteiger partial charge on any atom is -0.393 e. The molecule has 2 aliphatic carbocycles. The van der Waals surface area contributed by atoms with Gasteiger partial charge in [-0.1, -0.05) is 13.8 Å². The van der Waals surface area contributed by atoms with Gasteiger partial charge >= 0.3 is 0 Å². The van der Waals surface area contributed by atoms with Crippen LogP contribution in [0.4, 0.5) is 0 Å². The number of aliphatic hydroxyl groups is 1. The Morgan fingerprint density at radius 1 is 1.58 bits per heavy atom. The molecule has 0 aromatic carbocycles. The third kappa shape index (κ3) is 0.875. The third-order valence-electron chi connectivity index (χ3n) is 4.17. The summed E-state index contributed by atoms with van der Waals surface area (Å²) in [5.41, 5.74) is 0.335. The summed E-state index contributed by atoms with van der Waals surface area (Å²) >= 11 is 0. The summed E-state index contributed by atoms with van der Waals surface area (Å²) in [6, 6.07) is 0. The lowest BCUT2D eigenvalue weighted by atomic mass is 9.57. The van der Waals surface area contributed by atoms with Crippen molar-refractivity contribution in [2.45, 2.75) is 32.8 Å². The normalized spacial score (nSPS) is 57.6. The zero-order valence-electron chi connectivity index (χ0n) is 7.75. The molecule has 0 saturated heterocycles. The van der Waals surface area contributed by atoms with Crippen LogP contribution in [0.25, 0.3) is 0 Å². The van der Waals surface area contributed by atoms with E-state index in [0.29, 0.717) is 23.2 Å². The van der Waals surface area contributed by atoms with Gasteiger partial charge in [0.05, 0.1) is 6.10 Å². The Morgan fingerprint density at radius 2 is 2.25 bits per heavy atom. The zero-order chi connectivity index (χ0) is 8.93. The number of rotatable bonds is 2. The topological polar surface area (TPSA) is 44.1 Å². The number of aliphatic hydroxyl groups excluding tert-OH is 1. The van der Waals surface area contributed by atoms with E-state index in [1.807, 2.05) is 0 Å². The van der Waals surface area contributed by atoms with Gasteiger partial charge in [-0.15, -0.1) is 0 Å². The van der Waals surface area contributed by atoms with Gasteiger partial charge in [0, 0.05) is 0 Å². The average molecular weight is 167 g/mol. The largest absolute Gasteiger partial charge is 0.393 e. The fourth-order valence-electron chi connectivity index (χ4n) is 2.74. The van der Waals surface area contributed by atoms with Gasteiger partial charge < -0.3 is 10.5 Å². The number of nitrogens with one attached hydrogen (secondary N) is 1. The molecule has 5 atom stereocenters.